The van der Waals surface area contributed by atoms with Gasteiger partial charge in [-0.15, -0.1) is 0 Å². The molecule has 0 spiro atoms. The minimum Gasteiger partial charge on any atom is -0.438 e. The van der Waals surface area contributed by atoms with Gasteiger partial charge in [-0.3, -0.25) is 14.0 Å². The lowest BCUT2D eigenvalue weighted by Gasteiger charge is -2.19. The van der Waals surface area contributed by atoms with Crippen LogP contribution in [0.5, 0.6) is 11.6 Å². The number of ether oxygens (including phenoxy) is 1. The van der Waals surface area contributed by atoms with E-state index in [1.807, 2.05) is 18.2 Å². The van der Waals surface area contributed by atoms with Crippen molar-refractivity contribution in [2.45, 2.75) is 26.2 Å². The third-order valence-corrected chi connectivity index (χ3v) is 5.77. The van der Waals surface area contributed by atoms with Gasteiger partial charge in [0.05, 0.1) is 10.7 Å². The Morgan fingerprint density at radius 3 is 2.44 bits per heavy atom. The molecule has 0 aliphatic heterocycles. The fourth-order valence-electron chi connectivity index (χ4n) is 3.46. The normalized spacial score (nSPS) is 11.7. The summed E-state index contributed by atoms with van der Waals surface area (Å²) in [5.74, 6) is -0.277. The summed E-state index contributed by atoms with van der Waals surface area (Å²) in [7, 11) is 0. The molecule has 0 unspecified atom stereocenters. The predicted molar refractivity (Wildman–Crippen MR) is 140 cm³/mol. The molecule has 1 N–H and O–H groups in total. The maximum absolute atomic E-state index is 13.3. The number of carbonyl (C=O) groups excluding carboxylic acids is 1. The maximum atomic E-state index is 13.3. The van der Waals surface area contributed by atoms with E-state index in [1.165, 1.54) is 10.5 Å². The summed E-state index contributed by atoms with van der Waals surface area (Å²) in [6.07, 6.45) is 2.74. The van der Waals surface area contributed by atoms with Crippen LogP contribution in [0.2, 0.25) is 5.02 Å². The van der Waals surface area contributed by atoms with E-state index in [2.05, 4.69) is 31.1 Å². The zero-order valence-electron chi connectivity index (χ0n) is 19.9. The van der Waals surface area contributed by atoms with Gasteiger partial charge < -0.3 is 10.1 Å². The van der Waals surface area contributed by atoms with Crippen LogP contribution < -0.4 is 15.6 Å². The van der Waals surface area contributed by atoms with Gasteiger partial charge in [0.1, 0.15) is 28.6 Å². The summed E-state index contributed by atoms with van der Waals surface area (Å²) in [6.45, 7) is 6.32. The number of fused-ring (bicyclic) bond motifs is 1. The van der Waals surface area contributed by atoms with Crippen LogP contribution in [-0.2, 0) is 10.2 Å². The van der Waals surface area contributed by atoms with Crippen LogP contribution in [0.15, 0.2) is 83.3 Å². The first-order valence-corrected chi connectivity index (χ1v) is 11.5. The highest BCUT2D eigenvalue weighted by Gasteiger charge is 2.19. The number of carbonyl (C=O) groups is 1. The molecule has 0 fully saturated rings. The summed E-state index contributed by atoms with van der Waals surface area (Å²) < 4.78 is 7.32. The van der Waals surface area contributed by atoms with Crippen molar-refractivity contribution in [1.82, 2.24) is 9.38 Å². The molecule has 8 heteroatoms. The number of pyridine rings is 1. The molecule has 2 aromatic carbocycles. The number of halogens is 1. The summed E-state index contributed by atoms with van der Waals surface area (Å²) >= 11 is 6.12. The van der Waals surface area contributed by atoms with Gasteiger partial charge in [-0.2, -0.15) is 10.2 Å². The molecule has 2 aromatic heterocycles. The molecule has 7 nitrogen and oxygen atoms in total. The highest BCUT2D eigenvalue weighted by atomic mass is 35.5. The van der Waals surface area contributed by atoms with Crippen LogP contribution in [0.25, 0.3) is 11.7 Å². The van der Waals surface area contributed by atoms with Crippen molar-refractivity contribution in [3.8, 4) is 17.7 Å². The Kier molecular flexibility index (Phi) is 6.91. The van der Waals surface area contributed by atoms with Crippen LogP contribution >= 0.6 is 11.6 Å². The van der Waals surface area contributed by atoms with E-state index in [4.69, 9.17) is 16.3 Å². The maximum Gasteiger partial charge on any atom is 0.269 e. The first-order valence-electron chi connectivity index (χ1n) is 11.1. The van der Waals surface area contributed by atoms with E-state index in [1.54, 1.807) is 60.8 Å². The molecule has 0 bridgehead atoms. The van der Waals surface area contributed by atoms with Crippen molar-refractivity contribution >= 4 is 34.9 Å². The van der Waals surface area contributed by atoms with Gasteiger partial charge in [-0.1, -0.05) is 62.7 Å². The van der Waals surface area contributed by atoms with Gasteiger partial charge in [0, 0.05) is 6.20 Å². The predicted octanol–water partition coefficient (Wildman–Crippen LogP) is 5.98. The van der Waals surface area contributed by atoms with Crippen molar-refractivity contribution in [1.29, 1.82) is 5.26 Å². The third kappa shape index (κ3) is 5.29. The lowest BCUT2D eigenvalue weighted by atomic mass is 9.87. The number of hydrogen-bond donors (Lipinski definition) is 1. The standard InChI is InChI=1S/C28H23ClN4O3/c1-28(2,3)19-11-13-20(14-12-19)36-26-21(27(35)33-15-7-6-10-24(33)32-26)16-18(17-30)25(34)31-23-9-5-4-8-22(23)29/h4-16H,1-3H3,(H,31,34)/b18-16-. The Morgan fingerprint density at radius 2 is 1.78 bits per heavy atom. The van der Waals surface area contributed by atoms with Crippen molar-refractivity contribution in [3.05, 3.63) is 105 Å². The van der Waals surface area contributed by atoms with Crippen molar-refractivity contribution in [2.24, 2.45) is 0 Å². The van der Waals surface area contributed by atoms with Gasteiger partial charge in [-0.05, 0) is 53.5 Å². The molecule has 1 amide bonds. The van der Waals surface area contributed by atoms with Gasteiger partial charge >= 0.3 is 0 Å². The lowest BCUT2D eigenvalue weighted by Crippen LogP contribution is -2.20. The second kappa shape index (κ2) is 10.1. The second-order valence-corrected chi connectivity index (χ2v) is 9.45. The zero-order chi connectivity index (χ0) is 25.9. The topological polar surface area (TPSA) is 96.5 Å². The molecule has 0 saturated heterocycles. The molecular weight excluding hydrogens is 476 g/mol. The van der Waals surface area contributed by atoms with Gasteiger partial charge in [-0.25, -0.2) is 0 Å². The Bertz CT molecular complexity index is 1580. The highest BCUT2D eigenvalue weighted by molar-refractivity contribution is 6.34. The number of nitrogens with one attached hydrogen (secondary N) is 1. The first-order chi connectivity index (χ1) is 17.2. The number of nitriles is 1. The largest absolute Gasteiger partial charge is 0.438 e. The number of nitrogens with zero attached hydrogens (tertiary/aromatic N) is 3. The van der Waals surface area contributed by atoms with E-state index >= 15 is 0 Å². The third-order valence-electron chi connectivity index (χ3n) is 5.44. The van der Waals surface area contributed by atoms with Crippen molar-refractivity contribution in [2.75, 3.05) is 5.32 Å². The molecule has 4 rings (SSSR count). The summed E-state index contributed by atoms with van der Waals surface area (Å²) in [6, 6.07) is 21.1. The highest BCUT2D eigenvalue weighted by Crippen LogP contribution is 2.28. The second-order valence-electron chi connectivity index (χ2n) is 9.04. The summed E-state index contributed by atoms with van der Waals surface area (Å²) in [5, 5.41) is 12.6. The first kappa shape index (κ1) is 24.7. The molecule has 36 heavy (non-hydrogen) atoms. The Morgan fingerprint density at radius 1 is 1.08 bits per heavy atom. The quantitative estimate of drug-likeness (QED) is 0.269. The Balaban J connectivity index is 1.78. The fourth-order valence-corrected chi connectivity index (χ4v) is 3.65. The number of rotatable bonds is 5. The molecule has 0 atom stereocenters. The molecular formula is C28H23ClN4O3. The molecule has 0 aliphatic carbocycles. The van der Waals surface area contributed by atoms with Crippen LogP contribution in [0.1, 0.15) is 31.9 Å². The van der Waals surface area contributed by atoms with Crippen LogP contribution in [0, 0.1) is 11.3 Å². The van der Waals surface area contributed by atoms with E-state index in [9.17, 15) is 14.9 Å². The molecule has 0 radical (unpaired) electrons. The molecule has 180 valence electrons. The van der Waals surface area contributed by atoms with Gasteiger partial charge in [0.2, 0.25) is 5.88 Å². The number of benzene rings is 2. The molecule has 0 aliphatic rings. The molecule has 0 saturated carbocycles. The summed E-state index contributed by atoms with van der Waals surface area (Å²) in [5.41, 5.74) is 0.948. The lowest BCUT2D eigenvalue weighted by molar-refractivity contribution is -0.112. The van der Waals surface area contributed by atoms with Crippen molar-refractivity contribution < 1.29 is 9.53 Å². The van der Waals surface area contributed by atoms with E-state index in [-0.39, 0.29) is 22.4 Å². The van der Waals surface area contributed by atoms with Gasteiger partial charge in [0.25, 0.3) is 11.5 Å². The number of hydrogen-bond acceptors (Lipinski definition) is 5. The number of anilines is 1. The minimum atomic E-state index is -0.719. The summed E-state index contributed by atoms with van der Waals surface area (Å²) in [4.78, 5) is 30.7. The number of para-hydroxylation sites is 1. The van der Waals surface area contributed by atoms with Gasteiger partial charge in [0.15, 0.2) is 0 Å². The Labute approximate surface area is 213 Å². The monoisotopic (exact) mass is 498 g/mol. The minimum absolute atomic E-state index is 0.0204. The SMILES string of the molecule is CC(C)(C)c1ccc(Oc2nc3ccccn3c(=O)c2/C=C(/C#N)C(=O)Nc2ccccc2Cl)cc1. The Hall–Kier alpha value is -4.41. The fraction of sp³-hybridized carbons (Fsp3) is 0.143. The number of amides is 1. The van der Waals surface area contributed by atoms with E-state index in [0.717, 1.165) is 5.56 Å². The molecule has 4 aromatic rings. The smallest absolute Gasteiger partial charge is 0.269 e. The molecule has 2 heterocycles. The van der Waals surface area contributed by atoms with Crippen LogP contribution in [0.3, 0.4) is 0 Å². The van der Waals surface area contributed by atoms with Crippen LogP contribution in [0.4, 0.5) is 5.69 Å². The zero-order valence-corrected chi connectivity index (χ0v) is 20.7. The number of aromatic nitrogens is 2. The van der Waals surface area contributed by atoms with E-state index in [0.29, 0.717) is 22.1 Å². The van der Waals surface area contributed by atoms with Crippen LogP contribution in [-0.4, -0.2) is 15.3 Å². The van der Waals surface area contributed by atoms with Crippen molar-refractivity contribution in [3.63, 3.8) is 0 Å². The van der Waals surface area contributed by atoms with E-state index < -0.39 is 11.5 Å². The average molecular weight is 499 g/mol. The average Bonchev–Trinajstić information content (AvgIpc) is 2.85.